The molecule has 1 heterocycles. The fraction of sp³-hybridized carbons (Fsp3) is 0.444. The molecule has 0 aliphatic heterocycles. The molecule has 0 aliphatic rings. The SMILES string of the molecule is CCNC(=NCc1nccn1Cc1ccccc1)NC(C)CC. The molecule has 1 atom stereocenters. The molecular weight excluding hydrogens is 286 g/mol. The number of nitrogens with one attached hydrogen (secondary N) is 2. The van der Waals surface area contributed by atoms with Gasteiger partial charge < -0.3 is 15.2 Å². The van der Waals surface area contributed by atoms with Crippen molar-refractivity contribution in [3.05, 3.63) is 54.1 Å². The monoisotopic (exact) mass is 313 g/mol. The highest BCUT2D eigenvalue weighted by atomic mass is 15.2. The van der Waals surface area contributed by atoms with Gasteiger partial charge in [-0.2, -0.15) is 0 Å². The second kappa shape index (κ2) is 8.98. The summed E-state index contributed by atoms with van der Waals surface area (Å²) < 4.78 is 2.14. The molecule has 0 radical (unpaired) electrons. The molecule has 1 aromatic heterocycles. The van der Waals surface area contributed by atoms with Gasteiger partial charge in [-0.3, -0.25) is 0 Å². The summed E-state index contributed by atoms with van der Waals surface area (Å²) in [4.78, 5) is 9.10. The number of imidazole rings is 1. The molecule has 1 aromatic carbocycles. The molecule has 1 unspecified atom stereocenters. The first-order chi connectivity index (χ1) is 11.2. The number of guanidine groups is 1. The summed E-state index contributed by atoms with van der Waals surface area (Å²) >= 11 is 0. The third kappa shape index (κ3) is 5.43. The van der Waals surface area contributed by atoms with Crippen molar-refractivity contribution in [3.63, 3.8) is 0 Å². The highest BCUT2D eigenvalue weighted by Gasteiger charge is 2.06. The fourth-order valence-corrected chi connectivity index (χ4v) is 2.22. The number of aliphatic imine (C=N–C) groups is 1. The Hall–Kier alpha value is -2.30. The van der Waals surface area contributed by atoms with Crippen LogP contribution in [-0.2, 0) is 13.1 Å². The lowest BCUT2D eigenvalue weighted by molar-refractivity contribution is 0.622. The van der Waals surface area contributed by atoms with Gasteiger partial charge in [-0.15, -0.1) is 0 Å². The molecule has 124 valence electrons. The van der Waals surface area contributed by atoms with E-state index in [0.717, 1.165) is 31.3 Å². The summed E-state index contributed by atoms with van der Waals surface area (Å²) in [6.07, 6.45) is 4.91. The highest BCUT2D eigenvalue weighted by molar-refractivity contribution is 5.79. The van der Waals surface area contributed by atoms with Crippen molar-refractivity contribution in [2.75, 3.05) is 6.54 Å². The smallest absolute Gasteiger partial charge is 0.191 e. The van der Waals surface area contributed by atoms with Gasteiger partial charge in [0.05, 0.1) is 0 Å². The van der Waals surface area contributed by atoms with Crippen LogP contribution in [0.25, 0.3) is 0 Å². The molecule has 0 saturated heterocycles. The molecule has 0 bridgehead atoms. The fourth-order valence-electron chi connectivity index (χ4n) is 2.22. The van der Waals surface area contributed by atoms with Crippen LogP contribution in [0.4, 0.5) is 0 Å². The van der Waals surface area contributed by atoms with Crippen molar-refractivity contribution in [2.24, 2.45) is 4.99 Å². The summed E-state index contributed by atoms with van der Waals surface area (Å²) in [5.74, 6) is 1.81. The lowest BCUT2D eigenvalue weighted by Crippen LogP contribution is -2.42. The van der Waals surface area contributed by atoms with Crippen LogP contribution < -0.4 is 10.6 Å². The maximum absolute atomic E-state index is 4.66. The number of hydrogen-bond acceptors (Lipinski definition) is 2. The van der Waals surface area contributed by atoms with Crippen LogP contribution in [-0.4, -0.2) is 28.1 Å². The van der Waals surface area contributed by atoms with Crippen molar-refractivity contribution >= 4 is 5.96 Å². The van der Waals surface area contributed by atoms with E-state index in [0.29, 0.717) is 12.6 Å². The van der Waals surface area contributed by atoms with E-state index in [9.17, 15) is 0 Å². The Labute approximate surface area is 138 Å². The quantitative estimate of drug-likeness (QED) is 0.610. The molecule has 0 saturated carbocycles. The standard InChI is InChI=1S/C18H27N5/c1-4-15(3)22-18(19-5-2)21-13-17-20-11-12-23(17)14-16-9-7-6-8-10-16/h6-12,15H,4-5,13-14H2,1-3H3,(H2,19,21,22). The predicted octanol–water partition coefficient (Wildman–Crippen LogP) is 2.79. The first kappa shape index (κ1) is 17.1. The van der Waals surface area contributed by atoms with Crippen molar-refractivity contribution < 1.29 is 0 Å². The molecular formula is C18H27N5. The van der Waals surface area contributed by atoms with Gasteiger partial charge >= 0.3 is 0 Å². The van der Waals surface area contributed by atoms with Crippen LogP contribution in [0.3, 0.4) is 0 Å². The zero-order valence-corrected chi connectivity index (χ0v) is 14.3. The molecule has 2 rings (SSSR count). The summed E-state index contributed by atoms with van der Waals surface area (Å²) in [7, 11) is 0. The Kier molecular flexibility index (Phi) is 6.66. The van der Waals surface area contributed by atoms with Crippen LogP contribution in [0.15, 0.2) is 47.7 Å². The largest absolute Gasteiger partial charge is 0.357 e. The molecule has 0 aliphatic carbocycles. The number of aromatic nitrogens is 2. The first-order valence-corrected chi connectivity index (χ1v) is 8.31. The third-order valence-corrected chi connectivity index (χ3v) is 3.72. The van der Waals surface area contributed by atoms with E-state index >= 15 is 0 Å². The molecule has 0 spiro atoms. The molecule has 5 nitrogen and oxygen atoms in total. The Balaban J connectivity index is 2.04. The average Bonchev–Trinajstić information content (AvgIpc) is 3.00. The summed E-state index contributed by atoms with van der Waals surface area (Å²) in [5.41, 5.74) is 1.26. The topological polar surface area (TPSA) is 54.2 Å². The minimum absolute atomic E-state index is 0.400. The Morgan fingerprint density at radius 1 is 1.26 bits per heavy atom. The van der Waals surface area contributed by atoms with E-state index in [2.05, 4.69) is 70.2 Å². The molecule has 23 heavy (non-hydrogen) atoms. The van der Waals surface area contributed by atoms with Crippen LogP contribution in [0, 0.1) is 0 Å². The van der Waals surface area contributed by atoms with Crippen molar-refractivity contribution in [3.8, 4) is 0 Å². The van der Waals surface area contributed by atoms with Crippen LogP contribution in [0.5, 0.6) is 0 Å². The minimum Gasteiger partial charge on any atom is -0.357 e. The number of nitrogens with zero attached hydrogens (tertiary/aromatic N) is 3. The van der Waals surface area contributed by atoms with Crippen LogP contribution in [0.2, 0.25) is 0 Å². The van der Waals surface area contributed by atoms with Crippen LogP contribution in [0.1, 0.15) is 38.6 Å². The lowest BCUT2D eigenvalue weighted by atomic mass is 10.2. The third-order valence-electron chi connectivity index (χ3n) is 3.72. The number of hydrogen-bond donors (Lipinski definition) is 2. The first-order valence-electron chi connectivity index (χ1n) is 8.31. The predicted molar refractivity (Wildman–Crippen MR) is 95.5 cm³/mol. The zero-order chi connectivity index (χ0) is 16.5. The van der Waals surface area contributed by atoms with E-state index in [1.807, 2.05) is 18.5 Å². The van der Waals surface area contributed by atoms with Gasteiger partial charge in [0.1, 0.15) is 12.4 Å². The second-order valence-electron chi connectivity index (χ2n) is 5.61. The van der Waals surface area contributed by atoms with Crippen molar-refractivity contribution in [1.82, 2.24) is 20.2 Å². The van der Waals surface area contributed by atoms with E-state index in [4.69, 9.17) is 0 Å². The molecule has 0 fully saturated rings. The molecule has 0 amide bonds. The van der Waals surface area contributed by atoms with E-state index in [1.165, 1.54) is 5.56 Å². The van der Waals surface area contributed by atoms with Crippen LogP contribution >= 0.6 is 0 Å². The van der Waals surface area contributed by atoms with Gasteiger partial charge in [0.15, 0.2) is 5.96 Å². The Bertz CT molecular complexity index is 603. The Morgan fingerprint density at radius 2 is 2.04 bits per heavy atom. The van der Waals surface area contributed by atoms with Gasteiger partial charge in [0.2, 0.25) is 0 Å². The highest BCUT2D eigenvalue weighted by Crippen LogP contribution is 2.06. The minimum atomic E-state index is 0.400. The summed E-state index contributed by atoms with van der Waals surface area (Å²) in [6.45, 7) is 8.62. The van der Waals surface area contributed by atoms with Gasteiger partial charge in [0.25, 0.3) is 0 Å². The molecule has 2 N–H and O–H groups in total. The lowest BCUT2D eigenvalue weighted by Gasteiger charge is -2.16. The van der Waals surface area contributed by atoms with E-state index in [-0.39, 0.29) is 0 Å². The average molecular weight is 313 g/mol. The van der Waals surface area contributed by atoms with Gasteiger partial charge in [-0.25, -0.2) is 9.98 Å². The maximum atomic E-state index is 4.66. The summed E-state index contributed by atoms with van der Waals surface area (Å²) in [5, 5.41) is 6.68. The van der Waals surface area contributed by atoms with Gasteiger partial charge in [-0.05, 0) is 25.8 Å². The Morgan fingerprint density at radius 3 is 2.74 bits per heavy atom. The summed E-state index contributed by atoms with van der Waals surface area (Å²) in [6, 6.07) is 10.8. The van der Waals surface area contributed by atoms with E-state index in [1.54, 1.807) is 0 Å². The van der Waals surface area contributed by atoms with E-state index < -0.39 is 0 Å². The van der Waals surface area contributed by atoms with Crippen molar-refractivity contribution in [1.29, 1.82) is 0 Å². The molecule has 5 heteroatoms. The normalized spacial score (nSPS) is 12.9. The maximum Gasteiger partial charge on any atom is 0.191 e. The van der Waals surface area contributed by atoms with Crippen molar-refractivity contribution in [2.45, 2.75) is 46.3 Å². The van der Waals surface area contributed by atoms with Gasteiger partial charge in [-0.1, -0.05) is 37.3 Å². The zero-order valence-electron chi connectivity index (χ0n) is 14.3. The number of benzene rings is 1. The second-order valence-corrected chi connectivity index (χ2v) is 5.61. The number of rotatable bonds is 7. The van der Waals surface area contributed by atoms with Gasteiger partial charge in [0, 0.05) is 31.5 Å². The molecule has 2 aromatic rings.